The first-order valence-electron chi connectivity index (χ1n) is 7.61. The van der Waals surface area contributed by atoms with Crippen LogP contribution in [0.4, 0.5) is 13.2 Å². The Labute approximate surface area is 155 Å². The number of carbonyl (C=O) groups excluding carboxylic acids is 1. The zero-order valence-corrected chi connectivity index (χ0v) is 15.7. The highest BCUT2D eigenvalue weighted by molar-refractivity contribution is 7.20. The number of nitrogens with one attached hydrogen (secondary N) is 1. The minimum atomic E-state index is -4.57. The summed E-state index contributed by atoms with van der Waals surface area (Å²) in [6.07, 6.45) is -4.57. The summed E-state index contributed by atoms with van der Waals surface area (Å²) in [4.78, 5) is 12.8. The molecule has 0 atom stereocenters. The smallest absolute Gasteiger partial charge is 0.349 e. The molecule has 11 heteroatoms. The number of aromatic nitrogens is 4. The Hall–Kier alpha value is -2.07. The second kappa shape index (κ2) is 6.58. The molecular formula is C15H15ClF3N5OS. The monoisotopic (exact) mass is 405 g/mol. The predicted octanol–water partition coefficient (Wildman–Crippen LogP) is 3.55. The highest BCUT2D eigenvalue weighted by atomic mass is 35.5. The lowest BCUT2D eigenvalue weighted by Crippen LogP contribution is -2.27. The molecule has 3 heterocycles. The van der Waals surface area contributed by atoms with Gasteiger partial charge in [-0.25, -0.2) is 0 Å². The van der Waals surface area contributed by atoms with Gasteiger partial charge in [0.25, 0.3) is 5.91 Å². The molecule has 3 rings (SSSR count). The Morgan fingerprint density at radius 3 is 2.62 bits per heavy atom. The molecule has 0 bridgehead atoms. The summed E-state index contributed by atoms with van der Waals surface area (Å²) in [5.74, 6) is -0.438. The fraction of sp³-hybridized carbons (Fsp3) is 0.400. The first-order chi connectivity index (χ1) is 12.1. The van der Waals surface area contributed by atoms with Crippen LogP contribution in [0.2, 0.25) is 5.02 Å². The Balaban J connectivity index is 1.73. The minimum absolute atomic E-state index is 0.0690. The number of alkyl halides is 3. The van der Waals surface area contributed by atoms with Crippen LogP contribution in [-0.4, -0.2) is 32.0 Å². The molecule has 0 saturated carbocycles. The minimum Gasteiger partial charge on any atom is -0.349 e. The predicted molar refractivity (Wildman–Crippen MR) is 92.6 cm³/mol. The van der Waals surface area contributed by atoms with Gasteiger partial charge >= 0.3 is 6.18 Å². The fourth-order valence-corrected chi connectivity index (χ4v) is 3.74. The van der Waals surface area contributed by atoms with Crippen molar-refractivity contribution in [2.75, 3.05) is 6.54 Å². The molecule has 140 valence electrons. The van der Waals surface area contributed by atoms with Gasteiger partial charge in [-0.3, -0.25) is 14.2 Å². The molecule has 0 spiro atoms. The molecular weight excluding hydrogens is 391 g/mol. The molecule has 6 nitrogen and oxygen atoms in total. The van der Waals surface area contributed by atoms with Crippen molar-refractivity contribution in [2.24, 2.45) is 7.05 Å². The maximum atomic E-state index is 13.0. The maximum absolute atomic E-state index is 13.0. The van der Waals surface area contributed by atoms with E-state index in [1.54, 1.807) is 11.6 Å². The standard InChI is InChI=1S/C15H15ClF3N5OS/c1-7-11(16)8(2)24(21-7)5-4-20-13(25)10-6-9-12(15(17,18)19)22-23(3)14(9)26-10/h6H,4-5H2,1-3H3,(H,20,25). The summed E-state index contributed by atoms with van der Waals surface area (Å²) in [5, 5.41) is 10.9. The normalized spacial score (nSPS) is 12.1. The molecule has 0 saturated heterocycles. The SMILES string of the molecule is Cc1nn(CCNC(=O)c2cc3c(C(F)(F)F)nn(C)c3s2)c(C)c1Cl. The van der Waals surface area contributed by atoms with E-state index in [2.05, 4.69) is 15.5 Å². The molecule has 3 aromatic heterocycles. The summed E-state index contributed by atoms with van der Waals surface area (Å²) in [6.45, 7) is 4.29. The third-order valence-corrected chi connectivity index (χ3v) is 5.65. The van der Waals surface area contributed by atoms with Gasteiger partial charge in [-0.2, -0.15) is 23.4 Å². The Bertz CT molecular complexity index is 988. The van der Waals surface area contributed by atoms with Crippen molar-refractivity contribution < 1.29 is 18.0 Å². The fourth-order valence-electron chi connectivity index (χ4n) is 2.62. The molecule has 0 aromatic carbocycles. The molecule has 0 radical (unpaired) electrons. The summed E-state index contributed by atoms with van der Waals surface area (Å²) in [6, 6.07) is 1.23. The second-order valence-corrected chi connectivity index (χ2v) is 7.17. The third-order valence-electron chi connectivity index (χ3n) is 3.91. The Morgan fingerprint density at radius 1 is 1.35 bits per heavy atom. The van der Waals surface area contributed by atoms with E-state index in [1.807, 2.05) is 6.92 Å². The van der Waals surface area contributed by atoms with Crippen molar-refractivity contribution in [3.63, 3.8) is 0 Å². The van der Waals surface area contributed by atoms with Crippen molar-refractivity contribution in [3.8, 4) is 0 Å². The summed E-state index contributed by atoms with van der Waals surface area (Å²) < 4.78 is 41.8. The highest BCUT2D eigenvalue weighted by Crippen LogP contribution is 2.37. The van der Waals surface area contributed by atoms with Gasteiger partial charge in [0.1, 0.15) is 4.83 Å². The molecule has 0 aliphatic heterocycles. The lowest BCUT2D eigenvalue weighted by atomic mass is 10.3. The number of nitrogens with zero attached hydrogens (tertiary/aromatic N) is 4. The highest BCUT2D eigenvalue weighted by Gasteiger charge is 2.37. The summed E-state index contributed by atoms with van der Waals surface area (Å²) in [5.41, 5.74) is 0.510. The van der Waals surface area contributed by atoms with Crippen LogP contribution in [0.1, 0.15) is 26.8 Å². The van der Waals surface area contributed by atoms with Crippen molar-refractivity contribution >= 4 is 39.1 Å². The van der Waals surface area contributed by atoms with E-state index in [0.717, 1.165) is 21.7 Å². The van der Waals surface area contributed by atoms with Crippen molar-refractivity contribution in [2.45, 2.75) is 26.6 Å². The number of rotatable bonds is 4. The van der Waals surface area contributed by atoms with Crippen LogP contribution < -0.4 is 5.32 Å². The number of halogens is 4. The lowest BCUT2D eigenvalue weighted by molar-refractivity contribution is -0.140. The number of hydrogen-bond acceptors (Lipinski definition) is 4. The van der Waals surface area contributed by atoms with Crippen LogP contribution in [0, 0.1) is 13.8 Å². The molecule has 26 heavy (non-hydrogen) atoms. The third kappa shape index (κ3) is 3.30. The quantitative estimate of drug-likeness (QED) is 0.722. The maximum Gasteiger partial charge on any atom is 0.435 e. The molecule has 0 aliphatic rings. The first-order valence-corrected chi connectivity index (χ1v) is 8.80. The molecule has 1 N–H and O–H groups in total. The van der Waals surface area contributed by atoms with E-state index < -0.39 is 17.8 Å². The molecule has 0 aliphatic carbocycles. The summed E-state index contributed by atoms with van der Waals surface area (Å²) in [7, 11) is 1.42. The van der Waals surface area contributed by atoms with Gasteiger partial charge in [-0.15, -0.1) is 11.3 Å². The number of amides is 1. The number of thiophene rings is 1. The number of fused-ring (bicyclic) bond motifs is 1. The van der Waals surface area contributed by atoms with Gasteiger partial charge in [0, 0.05) is 19.0 Å². The zero-order valence-electron chi connectivity index (χ0n) is 14.1. The van der Waals surface area contributed by atoms with E-state index in [4.69, 9.17) is 11.6 Å². The second-order valence-electron chi connectivity index (χ2n) is 5.76. The van der Waals surface area contributed by atoms with Gasteiger partial charge in [0.15, 0.2) is 5.69 Å². The van der Waals surface area contributed by atoms with Gasteiger partial charge in [0.2, 0.25) is 0 Å². The Kier molecular flexibility index (Phi) is 4.74. The average molecular weight is 406 g/mol. The summed E-state index contributed by atoms with van der Waals surface area (Å²) >= 11 is 7.04. The molecule has 0 unspecified atom stereocenters. The first kappa shape index (κ1) is 18.7. The largest absolute Gasteiger partial charge is 0.435 e. The van der Waals surface area contributed by atoms with Gasteiger partial charge in [-0.05, 0) is 19.9 Å². The number of aryl methyl sites for hydroxylation is 2. The lowest BCUT2D eigenvalue weighted by Gasteiger charge is -2.06. The zero-order chi connectivity index (χ0) is 19.2. The van der Waals surface area contributed by atoms with Gasteiger partial charge in [0.05, 0.1) is 27.8 Å². The van der Waals surface area contributed by atoms with Crippen LogP contribution >= 0.6 is 22.9 Å². The van der Waals surface area contributed by atoms with Crippen LogP contribution in [0.5, 0.6) is 0 Å². The van der Waals surface area contributed by atoms with Crippen LogP contribution in [0.25, 0.3) is 10.2 Å². The van der Waals surface area contributed by atoms with Crippen LogP contribution in [0.3, 0.4) is 0 Å². The molecule has 0 fully saturated rings. The van der Waals surface area contributed by atoms with Crippen molar-refractivity contribution in [1.82, 2.24) is 24.9 Å². The van der Waals surface area contributed by atoms with Crippen LogP contribution in [-0.2, 0) is 19.8 Å². The van der Waals surface area contributed by atoms with E-state index in [9.17, 15) is 18.0 Å². The van der Waals surface area contributed by atoms with Crippen molar-refractivity contribution in [1.29, 1.82) is 0 Å². The average Bonchev–Trinajstić information content (AvgIpc) is 3.18. The van der Waals surface area contributed by atoms with E-state index in [0.29, 0.717) is 22.1 Å². The van der Waals surface area contributed by atoms with Crippen molar-refractivity contribution in [3.05, 3.63) is 33.0 Å². The molecule has 3 aromatic rings. The van der Waals surface area contributed by atoms with E-state index in [1.165, 1.54) is 13.1 Å². The van der Waals surface area contributed by atoms with E-state index in [-0.39, 0.29) is 16.8 Å². The van der Waals surface area contributed by atoms with E-state index >= 15 is 0 Å². The Morgan fingerprint density at radius 2 is 2.04 bits per heavy atom. The number of carbonyl (C=O) groups is 1. The topological polar surface area (TPSA) is 64.7 Å². The van der Waals surface area contributed by atoms with Crippen LogP contribution in [0.15, 0.2) is 6.07 Å². The van der Waals surface area contributed by atoms with Gasteiger partial charge in [-0.1, -0.05) is 11.6 Å². The molecule has 1 amide bonds. The van der Waals surface area contributed by atoms with Gasteiger partial charge < -0.3 is 5.32 Å². The number of hydrogen-bond donors (Lipinski definition) is 1.